The standard InChI is InChI=1S/C16H27N3O/c1-5-6-10-18-16(17-4)19-12-14(3)20-15-9-7-8-13(2)11-15/h7-9,11,14H,5-6,10,12H2,1-4H3,(H2,17,18,19). The van der Waals surface area contributed by atoms with E-state index in [1.807, 2.05) is 18.2 Å². The van der Waals surface area contributed by atoms with Gasteiger partial charge in [-0.05, 0) is 38.0 Å². The van der Waals surface area contributed by atoms with Crippen LogP contribution in [0.2, 0.25) is 0 Å². The summed E-state index contributed by atoms with van der Waals surface area (Å²) in [6.45, 7) is 7.96. The van der Waals surface area contributed by atoms with Crippen LogP contribution in [-0.4, -0.2) is 32.2 Å². The molecule has 2 N–H and O–H groups in total. The van der Waals surface area contributed by atoms with E-state index in [2.05, 4.69) is 42.5 Å². The first-order valence-corrected chi connectivity index (χ1v) is 7.33. The summed E-state index contributed by atoms with van der Waals surface area (Å²) in [7, 11) is 1.79. The third-order valence-electron chi connectivity index (χ3n) is 2.93. The highest BCUT2D eigenvalue weighted by Gasteiger charge is 2.05. The van der Waals surface area contributed by atoms with Crippen molar-refractivity contribution in [3.63, 3.8) is 0 Å². The molecule has 0 saturated heterocycles. The van der Waals surface area contributed by atoms with Crippen molar-refractivity contribution in [3.8, 4) is 5.75 Å². The molecule has 0 fully saturated rings. The van der Waals surface area contributed by atoms with Gasteiger partial charge >= 0.3 is 0 Å². The molecule has 1 unspecified atom stereocenters. The summed E-state index contributed by atoms with van der Waals surface area (Å²) < 4.78 is 5.87. The first-order valence-electron chi connectivity index (χ1n) is 7.33. The quantitative estimate of drug-likeness (QED) is 0.457. The average molecular weight is 277 g/mol. The van der Waals surface area contributed by atoms with Crippen LogP contribution in [0.4, 0.5) is 0 Å². The minimum Gasteiger partial charge on any atom is -0.489 e. The Labute approximate surface area is 122 Å². The average Bonchev–Trinajstić information content (AvgIpc) is 2.42. The predicted octanol–water partition coefficient (Wildman–Crippen LogP) is 2.73. The number of hydrogen-bond donors (Lipinski definition) is 2. The first kappa shape index (κ1) is 16.3. The summed E-state index contributed by atoms with van der Waals surface area (Å²) in [6.07, 6.45) is 2.41. The van der Waals surface area contributed by atoms with E-state index >= 15 is 0 Å². The van der Waals surface area contributed by atoms with Crippen LogP contribution < -0.4 is 15.4 Å². The zero-order chi connectivity index (χ0) is 14.8. The van der Waals surface area contributed by atoms with Gasteiger partial charge in [0.15, 0.2) is 5.96 Å². The number of nitrogens with zero attached hydrogens (tertiary/aromatic N) is 1. The molecule has 1 atom stereocenters. The zero-order valence-electron chi connectivity index (χ0n) is 13.1. The Bertz CT molecular complexity index is 418. The molecule has 0 aliphatic rings. The third kappa shape index (κ3) is 6.45. The molecule has 1 rings (SSSR count). The number of nitrogens with one attached hydrogen (secondary N) is 2. The molecule has 0 aliphatic heterocycles. The molecule has 0 saturated carbocycles. The number of rotatable bonds is 7. The van der Waals surface area contributed by atoms with Gasteiger partial charge in [0.1, 0.15) is 11.9 Å². The molecule has 0 amide bonds. The highest BCUT2D eigenvalue weighted by molar-refractivity contribution is 5.79. The van der Waals surface area contributed by atoms with Crippen LogP contribution >= 0.6 is 0 Å². The fraction of sp³-hybridized carbons (Fsp3) is 0.562. The topological polar surface area (TPSA) is 45.7 Å². The lowest BCUT2D eigenvalue weighted by atomic mass is 10.2. The van der Waals surface area contributed by atoms with Gasteiger partial charge < -0.3 is 15.4 Å². The fourth-order valence-corrected chi connectivity index (χ4v) is 1.81. The largest absolute Gasteiger partial charge is 0.489 e. The maximum atomic E-state index is 5.87. The molecule has 0 radical (unpaired) electrons. The third-order valence-corrected chi connectivity index (χ3v) is 2.93. The van der Waals surface area contributed by atoms with Gasteiger partial charge in [-0.25, -0.2) is 0 Å². The molecule has 4 heteroatoms. The van der Waals surface area contributed by atoms with Crippen molar-refractivity contribution in [2.24, 2.45) is 4.99 Å². The second-order valence-electron chi connectivity index (χ2n) is 4.98. The van der Waals surface area contributed by atoms with Gasteiger partial charge in [-0.1, -0.05) is 25.5 Å². The van der Waals surface area contributed by atoms with E-state index < -0.39 is 0 Å². The normalized spacial score (nSPS) is 12.9. The van der Waals surface area contributed by atoms with Gasteiger partial charge in [0.05, 0.1) is 6.54 Å². The Morgan fingerprint density at radius 1 is 1.35 bits per heavy atom. The summed E-state index contributed by atoms with van der Waals surface area (Å²) in [5.41, 5.74) is 1.21. The van der Waals surface area contributed by atoms with Crippen molar-refractivity contribution >= 4 is 5.96 Å². The van der Waals surface area contributed by atoms with E-state index in [1.54, 1.807) is 7.05 Å². The highest BCUT2D eigenvalue weighted by Crippen LogP contribution is 2.13. The van der Waals surface area contributed by atoms with Crippen molar-refractivity contribution in [1.29, 1.82) is 0 Å². The second-order valence-corrected chi connectivity index (χ2v) is 4.98. The van der Waals surface area contributed by atoms with Crippen LogP contribution in [-0.2, 0) is 0 Å². The number of aliphatic imine (C=N–C) groups is 1. The molecule has 1 aromatic carbocycles. The lowest BCUT2D eigenvalue weighted by molar-refractivity contribution is 0.223. The van der Waals surface area contributed by atoms with Gasteiger partial charge in [0.2, 0.25) is 0 Å². The van der Waals surface area contributed by atoms with Crippen LogP contribution in [0.3, 0.4) is 0 Å². The van der Waals surface area contributed by atoms with Crippen LogP contribution in [0.1, 0.15) is 32.3 Å². The minimum absolute atomic E-state index is 0.0847. The molecule has 1 aromatic rings. The maximum absolute atomic E-state index is 5.87. The van der Waals surface area contributed by atoms with Gasteiger partial charge in [0.25, 0.3) is 0 Å². The van der Waals surface area contributed by atoms with E-state index in [0.29, 0.717) is 0 Å². The number of unbranched alkanes of at least 4 members (excludes halogenated alkanes) is 1. The summed E-state index contributed by atoms with van der Waals surface area (Å²) in [5.74, 6) is 1.74. The van der Waals surface area contributed by atoms with Crippen LogP contribution in [0.15, 0.2) is 29.3 Å². The molecule has 0 bridgehead atoms. The van der Waals surface area contributed by atoms with Crippen LogP contribution in [0, 0.1) is 6.92 Å². The second kappa shape index (κ2) is 9.23. The van der Waals surface area contributed by atoms with Crippen molar-refractivity contribution < 1.29 is 4.74 Å². The summed E-state index contributed by atoms with van der Waals surface area (Å²) in [4.78, 5) is 4.19. The zero-order valence-corrected chi connectivity index (χ0v) is 13.1. The van der Waals surface area contributed by atoms with E-state index in [0.717, 1.165) is 31.2 Å². The maximum Gasteiger partial charge on any atom is 0.191 e. The smallest absolute Gasteiger partial charge is 0.191 e. The Balaban J connectivity index is 2.33. The van der Waals surface area contributed by atoms with Crippen LogP contribution in [0.5, 0.6) is 5.75 Å². The lowest BCUT2D eigenvalue weighted by Gasteiger charge is -2.18. The summed E-state index contributed by atoms with van der Waals surface area (Å²) in [6, 6.07) is 8.11. The molecular formula is C16H27N3O. The number of aryl methyl sites for hydroxylation is 1. The molecule has 0 spiro atoms. The SMILES string of the molecule is CCCCNC(=NC)NCC(C)Oc1cccc(C)c1. The van der Waals surface area contributed by atoms with Gasteiger partial charge in [-0.15, -0.1) is 0 Å². The van der Waals surface area contributed by atoms with Gasteiger partial charge in [-0.2, -0.15) is 0 Å². The van der Waals surface area contributed by atoms with Crippen molar-refractivity contribution in [2.45, 2.75) is 39.7 Å². The number of hydrogen-bond acceptors (Lipinski definition) is 2. The lowest BCUT2D eigenvalue weighted by Crippen LogP contribution is -2.42. The monoisotopic (exact) mass is 277 g/mol. The first-order chi connectivity index (χ1) is 9.65. The fourth-order valence-electron chi connectivity index (χ4n) is 1.81. The summed E-state index contributed by atoms with van der Waals surface area (Å²) in [5, 5.41) is 6.56. The molecular weight excluding hydrogens is 250 g/mol. The van der Waals surface area contributed by atoms with Crippen molar-refractivity contribution in [1.82, 2.24) is 10.6 Å². The van der Waals surface area contributed by atoms with E-state index in [1.165, 1.54) is 12.0 Å². The van der Waals surface area contributed by atoms with Crippen molar-refractivity contribution in [3.05, 3.63) is 29.8 Å². The van der Waals surface area contributed by atoms with Gasteiger partial charge in [-0.3, -0.25) is 4.99 Å². The molecule has 0 aliphatic carbocycles. The number of ether oxygens (including phenoxy) is 1. The number of benzene rings is 1. The predicted molar refractivity (Wildman–Crippen MR) is 85.5 cm³/mol. The molecule has 20 heavy (non-hydrogen) atoms. The number of guanidine groups is 1. The summed E-state index contributed by atoms with van der Waals surface area (Å²) >= 11 is 0. The molecule has 4 nitrogen and oxygen atoms in total. The molecule has 112 valence electrons. The Kier molecular flexibility index (Phi) is 7.55. The van der Waals surface area contributed by atoms with Gasteiger partial charge in [0, 0.05) is 13.6 Å². The Hall–Kier alpha value is -1.71. The highest BCUT2D eigenvalue weighted by atomic mass is 16.5. The Morgan fingerprint density at radius 3 is 2.80 bits per heavy atom. The molecule has 0 aromatic heterocycles. The van der Waals surface area contributed by atoms with Crippen LogP contribution in [0.25, 0.3) is 0 Å². The minimum atomic E-state index is 0.0847. The molecule has 0 heterocycles. The van der Waals surface area contributed by atoms with E-state index in [-0.39, 0.29) is 6.10 Å². The van der Waals surface area contributed by atoms with E-state index in [9.17, 15) is 0 Å². The van der Waals surface area contributed by atoms with Crippen molar-refractivity contribution in [2.75, 3.05) is 20.1 Å². The van der Waals surface area contributed by atoms with E-state index in [4.69, 9.17) is 4.74 Å². The Morgan fingerprint density at radius 2 is 2.15 bits per heavy atom.